The molecule has 0 aromatic carbocycles. The van der Waals surface area contributed by atoms with Crippen LogP contribution in [-0.2, 0) is 10.8 Å². The molecular formula is C34H24S8. The smallest absolute Gasteiger partial charge is 0.0508 e. The topological polar surface area (TPSA) is 0 Å². The first-order valence-corrected chi connectivity index (χ1v) is 20.5. The van der Waals surface area contributed by atoms with E-state index in [9.17, 15) is 0 Å². The number of rotatable bonds is 2. The molecule has 0 nitrogen and oxygen atoms in total. The number of thiophene rings is 8. The molecule has 2 aliphatic rings. The van der Waals surface area contributed by atoms with Crippen molar-refractivity contribution in [1.29, 1.82) is 0 Å². The molecule has 0 amide bonds. The molecule has 0 fully saturated rings. The molecular weight excluding hydrogens is 665 g/mol. The molecule has 8 heteroatoms. The van der Waals surface area contributed by atoms with Crippen LogP contribution in [-0.4, -0.2) is 0 Å². The van der Waals surface area contributed by atoms with Gasteiger partial charge in [-0.15, -0.1) is 90.7 Å². The third-order valence-corrected chi connectivity index (χ3v) is 19.2. The van der Waals surface area contributed by atoms with Gasteiger partial charge in [-0.3, -0.25) is 0 Å². The van der Waals surface area contributed by atoms with Crippen molar-refractivity contribution in [3.63, 3.8) is 0 Å². The zero-order valence-electron chi connectivity index (χ0n) is 23.7. The highest BCUT2D eigenvalue weighted by atomic mass is 32.1. The minimum absolute atomic E-state index is 0.0176. The maximum atomic E-state index is 2.49. The number of aryl methyl sites for hydroxylation is 2. The largest absolute Gasteiger partial charge is 0.140 e. The Kier molecular flexibility index (Phi) is 4.98. The molecule has 0 saturated carbocycles. The van der Waals surface area contributed by atoms with Gasteiger partial charge in [0.25, 0.3) is 0 Å². The van der Waals surface area contributed by atoms with Crippen LogP contribution in [0.3, 0.4) is 0 Å². The average molecular weight is 689 g/mol. The molecule has 0 unspecified atom stereocenters. The van der Waals surface area contributed by atoms with E-state index in [-0.39, 0.29) is 10.8 Å². The second-order valence-electron chi connectivity index (χ2n) is 12.6. The highest BCUT2D eigenvalue weighted by molar-refractivity contribution is 7.38. The SMILES string of the molecule is Cc1ccc(-c2cc3sc4c(c3s2)C(C)(C)c2c-4sc3c4c(sc23)-c2sc3cc(-c5ccc(C)s5)sc3c2C4(C)C)s1. The van der Waals surface area contributed by atoms with Crippen molar-refractivity contribution in [2.45, 2.75) is 52.4 Å². The zero-order chi connectivity index (χ0) is 28.4. The lowest BCUT2D eigenvalue weighted by molar-refractivity contribution is 0.673. The van der Waals surface area contributed by atoms with Crippen molar-refractivity contribution >= 4 is 119 Å². The van der Waals surface area contributed by atoms with E-state index in [0.29, 0.717) is 0 Å². The minimum atomic E-state index is 0.0176. The lowest BCUT2D eigenvalue weighted by Crippen LogP contribution is -2.15. The Morgan fingerprint density at radius 2 is 0.786 bits per heavy atom. The van der Waals surface area contributed by atoms with Gasteiger partial charge in [0, 0.05) is 49.5 Å². The normalized spacial score (nSPS) is 16.2. The standard InChI is InChI=1S/C34H24S8/c1-13-7-9-15(35-13)17-11-19-25(37-17)21-27(39-19)29-23(33(21,3)4)31-32(41-29)24-30(42-31)28-22(34(24,5)6)26-20(40-28)12-18(38-26)16-10-8-14(2)36-16/h7-12H,1-6H3. The summed E-state index contributed by atoms with van der Waals surface area (Å²) >= 11 is 16.1. The molecule has 8 aromatic heterocycles. The van der Waals surface area contributed by atoms with E-state index in [0.717, 1.165) is 0 Å². The van der Waals surface area contributed by atoms with Gasteiger partial charge in [-0.05, 0) is 72.5 Å². The maximum absolute atomic E-state index is 2.49. The van der Waals surface area contributed by atoms with E-state index in [1.807, 2.05) is 68.0 Å². The summed E-state index contributed by atoms with van der Waals surface area (Å²) in [7, 11) is 0. The minimum Gasteiger partial charge on any atom is -0.140 e. The van der Waals surface area contributed by atoms with Gasteiger partial charge in [0.05, 0.1) is 38.3 Å². The van der Waals surface area contributed by atoms with Crippen molar-refractivity contribution in [2.75, 3.05) is 0 Å². The monoisotopic (exact) mass is 688 g/mol. The van der Waals surface area contributed by atoms with E-state index in [2.05, 4.69) is 101 Å². The summed E-state index contributed by atoms with van der Waals surface area (Å²) in [4.78, 5) is 14.6. The Bertz CT molecular complexity index is 2270. The Hall–Kier alpha value is -1.62. The fraction of sp³-hybridized carbons (Fsp3) is 0.235. The molecule has 0 N–H and O–H groups in total. The first kappa shape index (κ1) is 25.7. The van der Waals surface area contributed by atoms with Crippen LogP contribution in [0.25, 0.3) is 67.2 Å². The molecule has 0 radical (unpaired) electrons. The molecule has 0 spiro atoms. The van der Waals surface area contributed by atoms with Gasteiger partial charge in [0.1, 0.15) is 0 Å². The number of hydrogen-bond acceptors (Lipinski definition) is 8. The van der Waals surface area contributed by atoms with Crippen LogP contribution in [0.15, 0.2) is 36.4 Å². The Morgan fingerprint density at radius 1 is 0.405 bits per heavy atom. The molecule has 42 heavy (non-hydrogen) atoms. The van der Waals surface area contributed by atoms with E-state index in [4.69, 9.17) is 0 Å². The van der Waals surface area contributed by atoms with Gasteiger partial charge in [-0.2, -0.15) is 0 Å². The summed E-state index contributed by atoms with van der Waals surface area (Å²) in [5, 5.41) is 0. The van der Waals surface area contributed by atoms with Crippen LogP contribution in [0.1, 0.15) is 59.7 Å². The summed E-state index contributed by atoms with van der Waals surface area (Å²) in [6.45, 7) is 14.4. The fourth-order valence-corrected chi connectivity index (χ4v) is 18.8. The Labute approximate surface area is 276 Å². The van der Waals surface area contributed by atoms with Gasteiger partial charge in [0.15, 0.2) is 0 Å². The fourth-order valence-electron chi connectivity index (χ4n) is 7.25. The second kappa shape index (κ2) is 8.15. The molecule has 0 saturated heterocycles. The van der Waals surface area contributed by atoms with Gasteiger partial charge in [-0.1, -0.05) is 27.7 Å². The van der Waals surface area contributed by atoms with E-state index < -0.39 is 0 Å². The van der Waals surface area contributed by atoms with Gasteiger partial charge in [0.2, 0.25) is 0 Å². The van der Waals surface area contributed by atoms with Crippen molar-refractivity contribution < 1.29 is 0 Å². The highest BCUT2D eigenvalue weighted by Crippen LogP contribution is 2.68. The van der Waals surface area contributed by atoms with Gasteiger partial charge < -0.3 is 0 Å². The van der Waals surface area contributed by atoms with Crippen LogP contribution in [0.4, 0.5) is 0 Å². The third-order valence-electron chi connectivity index (χ3n) is 9.13. The third kappa shape index (κ3) is 3.06. The predicted octanol–water partition coefficient (Wildman–Crippen LogP) is 14.2. The number of hydrogen-bond donors (Lipinski definition) is 0. The second-order valence-corrected chi connectivity index (χ2v) is 21.4. The first-order valence-electron chi connectivity index (χ1n) is 14.0. The van der Waals surface area contributed by atoms with Crippen LogP contribution in [0, 0.1) is 13.8 Å². The summed E-state index contributed by atoms with van der Waals surface area (Å²) in [6, 6.07) is 14.0. The Morgan fingerprint density at radius 3 is 1.17 bits per heavy atom. The van der Waals surface area contributed by atoms with Crippen LogP contribution in [0.2, 0.25) is 0 Å². The Balaban J connectivity index is 1.14. The lowest BCUT2D eigenvalue weighted by atomic mass is 9.82. The van der Waals surface area contributed by atoms with Crippen molar-refractivity contribution in [2.24, 2.45) is 0 Å². The van der Waals surface area contributed by atoms with Crippen molar-refractivity contribution in [1.82, 2.24) is 0 Å². The van der Waals surface area contributed by atoms with E-state index >= 15 is 0 Å². The van der Waals surface area contributed by atoms with Crippen LogP contribution >= 0.6 is 90.7 Å². The molecule has 0 bridgehead atoms. The highest BCUT2D eigenvalue weighted by Gasteiger charge is 2.48. The summed E-state index contributed by atoms with van der Waals surface area (Å²) in [5.41, 5.74) is 6.39. The zero-order valence-corrected chi connectivity index (χ0v) is 30.3. The first-order chi connectivity index (χ1) is 20.1. The van der Waals surface area contributed by atoms with Crippen molar-refractivity contribution in [3.8, 4) is 39.0 Å². The maximum Gasteiger partial charge on any atom is 0.0508 e. The van der Waals surface area contributed by atoms with E-state index in [1.165, 1.54) is 57.8 Å². The molecule has 2 aliphatic carbocycles. The van der Waals surface area contributed by atoms with Crippen LogP contribution < -0.4 is 0 Å². The molecule has 10 rings (SSSR count). The van der Waals surface area contributed by atoms with Crippen molar-refractivity contribution in [3.05, 3.63) is 68.4 Å². The van der Waals surface area contributed by atoms with Gasteiger partial charge in [-0.25, -0.2) is 0 Å². The molecule has 8 aromatic rings. The quantitative estimate of drug-likeness (QED) is 0.170. The van der Waals surface area contributed by atoms with E-state index in [1.54, 1.807) is 41.4 Å². The number of fused-ring (bicyclic) bond motifs is 13. The predicted molar refractivity (Wildman–Crippen MR) is 197 cm³/mol. The summed E-state index contributed by atoms with van der Waals surface area (Å²) < 4.78 is 9.06. The molecule has 0 aliphatic heterocycles. The lowest BCUT2D eigenvalue weighted by Gasteiger charge is -2.21. The molecule has 0 atom stereocenters. The summed E-state index contributed by atoms with van der Waals surface area (Å²) in [6.07, 6.45) is 0. The molecule has 8 heterocycles. The average Bonchev–Trinajstić information content (AvgIpc) is 3.72. The van der Waals surface area contributed by atoms with Crippen LogP contribution in [0.5, 0.6) is 0 Å². The molecule has 208 valence electrons. The summed E-state index contributed by atoms with van der Waals surface area (Å²) in [5.74, 6) is 0. The van der Waals surface area contributed by atoms with Gasteiger partial charge >= 0.3 is 0 Å².